The molecule has 0 fully saturated rings. The van der Waals surface area contributed by atoms with E-state index in [2.05, 4.69) is 231 Å². The lowest BCUT2D eigenvalue weighted by molar-refractivity contribution is 0.660. The number of fused-ring (bicyclic) bond motifs is 13. The van der Waals surface area contributed by atoms with Gasteiger partial charge in [-0.05, 0) is 102 Å². The van der Waals surface area contributed by atoms with Gasteiger partial charge >= 0.3 is 0 Å². The molecular weight excluding hydrogens is 711 g/mol. The van der Waals surface area contributed by atoms with Gasteiger partial charge in [-0.1, -0.05) is 202 Å². The normalized spacial score (nSPS) is 14.2. The van der Waals surface area contributed by atoms with Crippen LogP contribution in [0, 0.1) is 0 Å². The zero-order valence-corrected chi connectivity index (χ0v) is 33.2. The Morgan fingerprint density at radius 2 is 0.746 bits per heavy atom. The zero-order chi connectivity index (χ0) is 39.3. The van der Waals surface area contributed by atoms with Crippen molar-refractivity contribution in [1.82, 2.24) is 0 Å². The van der Waals surface area contributed by atoms with Crippen LogP contribution in [0.5, 0.6) is 0 Å². The SMILES string of the molecule is CC1(C)c2ccccc2-c2ccc(N(c3ccccc3-c3ccccc3)c3cccc4c3C3(c5ccccc5-c5ccccc53)c3c(-c5ccccc5)cccc3-4)cc21. The number of hydrogen-bond acceptors (Lipinski definition) is 1. The summed E-state index contributed by atoms with van der Waals surface area (Å²) < 4.78 is 0. The Balaban J connectivity index is 1.22. The van der Waals surface area contributed by atoms with Crippen LogP contribution in [-0.2, 0) is 10.8 Å². The van der Waals surface area contributed by atoms with Gasteiger partial charge in [0.15, 0.2) is 0 Å². The van der Waals surface area contributed by atoms with E-state index in [1.807, 2.05) is 0 Å². The van der Waals surface area contributed by atoms with Crippen LogP contribution in [-0.4, -0.2) is 0 Å². The van der Waals surface area contributed by atoms with E-state index in [0.29, 0.717) is 0 Å². The molecule has 0 amide bonds. The van der Waals surface area contributed by atoms with Crippen LogP contribution in [0.1, 0.15) is 47.2 Å². The van der Waals surface area contributed by atoms with E-state index in [1.54, 1.807) is 0 Å². The monoisotopic (exact) mass is 751 g/mol. The second-order valence-electron chi connectivity index (χ2n) is 16.8. The first-order valence-electron chi connectivity index (χ1n) is 20.8. The van der Waals surface area contributed by atoms with Gasteiger partial charge in [0.2, 0.25) is 0 Å². The Bertz CT molecular complexity index is 3090. The lowest BCUT2D eigenvalue weighted by Gasteiger charge is -2.37. The van der Waals surface area contributed by atoms with Crippen molar-refractivity contribution >= 4 is 17.1 Å². The van der Waals surface area contributed by atoms with E-state index in [9.17, 15) is 0 Å². The first kappa shape index (κ1) is 33.9. The lowest BCUT2D eigenvalue weighted by atomic mass is 9.68. The second kappa shape index (κ2) is 12.6. The predicted molar refractivity (Wildman–Crippen MR) is 246 cm³/mol. The van der Waals surface area contributed by atoms with Crippen LogP contribution in [0.3, 0.4) is 0 Å². The average Bonchev–Trinajstić information content (AvgIpc) is 3.86. The Kier molecular flexibility index (Phi) is 7.26. The number of benzene rings is 9. The molecule has 0 atom stereocenters. The molecule has 59 heavy (non-hydrogen) atoms. The molecule has 278 valence electrons. The third-order valence-electron chi connectivity index (χ3n) is 13.5. The molecule has 0 aliphatic heterocycles. The molecule has 9 aromatic carbocycles. The minimum atomic E-state index is -0.590. The molecule has 0 unspecified atom stereocenters. The zero-order valence-electron chi connectivity index (χ0n) is 33.2. The predicted octanol–water partition coefficient (Wildman–Crippen LogP) is 15.1. The van der Waals surface area contributed by atoms with Crippen LogP contribution >= 0.6 is 0 Å². The van der Waals surface area contributed by atoms with Crippen molar-refractivity contribution in [2.24, 2.45) is 0 Å². The van der Waals surface area contributed by atoms with E-state index in [4.69, 9.17) is 0 Å². The first-order valence-corrected chi connectivity index (χ1v) is 20.8. The Labute approximate surface area is 346 Å². The highest BCUT2D eigenvalue weighted by molar-refractivity contribution is 6.03. The van der Waals surface area contributed by atoms with Crippen molar-refractivity contribution in [3.63, 3.8) is 0 Å². The second-order valence-corrected chi connectivity index (χ2v) is 16.8. The molecule has 0 saturated carbocycles. The molecule has 12 rings (SSSR count). The molecule has 1 heteroatoms. The van der Waals surface area contributed by atoms with Gasteiger partial charge < -0.3 is 4.90 Å². The summed E-state index contributed by atoms with van der Waals surface area (Å²) in [6.07, 6.45) is 0. The molecule has 0 heterocycles. The maximum absolute atomic E-state index is 2.58. The quantitative estimate of drug-likeness (QED) is 0.169. The van der Waals surface area contributed by atoms with Crippen LogP contribution in [0.25, 0.3) is 55.6 Å². The Morgan fingerprint density at radius 1 is 0.305 bits per heavy atom. The van der Waals surface area contributed by atoms with E-state index >= 15 is 0 Å². The molecule has 1 nitrogen and oxygen atoms in total. The molecule has 0 aromatic heterocycles. The highest BCUT2D eigenvalue weighted by Crippen LogP contribution is 2.67. The summed E-state index contributed by atoms with van der Waals surface area (Å²) in [5.74, 6) is 0. The number of para-hydroxylation sites is 1. The molecular formula is C58H41N. The van der Waals surface area contributed by atoms with Crippen molar-refractivity contribution < 1.29 is 0 Å². The third-order valence-corrected chi connectivity index (χ3v) is 13.5. The lowest BCUT2D eigenvalue weighted by Crippen LogP contribution is -2.29. The summed E-state index contributed by atoms with van der Waals surface area (Å²) in [5.41, 5.74) is 23.5. The van der Waals surface area contributed by atoms with Crippen LogP contribution < -0.4 is 4.90 Å². The fourth-order valence-electron chi connectivity index (χ4n) is 11.1. The molecule has 0 radical (unpaired) electrons. The fourth-order valence-corrected chi connectivity index (χ4v) is 11.1. The Morgan fingerprint density at radius 3 is 1.41 bits per heavy atom. The Hall–Kier alpha value is -7.22. The summed E-state index contributed by atoms with van der Waals surface area (Å²) in [6.45, 7) is 4.76. The van der Waals surface area contributed by atoms with E-state index in [-0.39, 0.29) is 5.41 Å². The summed E-state index contributed by atoms with van der Waals surface area (Å²) in [7, 11) is 0. The van der Waals surface area contributed by atoms with Crippen LogP contribution in [0.15, 0.2) is 212 Å². The number of nitrogens with zero attached hydrogens (tertiary/aromatic N) is 1. The van der Waals surface area contributed by atoms with Gasteiger partial charge in [0.25, 0.3) is 0 Å². The summed E-state index contributed by atoms with van der Waals surface area (Å²) in [6, 6.07) is 79.3. The van der Waals surface area contributed by atoms with Crippen LogP contribution in [0.2, 0.25) is 0 Å². The highest BCUT2D eigenvalue weighted by atomic mass is 15.1. The van der Waals surface area contributed by atoms with Gasteiger partial charge in [0.05, 0.1) is 16.8 Å². The minimum absolute atomic E-state index is 0.156. The van der Waals surface area contributed by atoms with Gasteiger partial charge in [-0.2, -0.15) is 0 Å². The number of anilines is 3. The largest absolute Gasteiger partial charge is 0.310 e. The smallest absolute Gasteiger partial charge is 0.0752 e. The van der Waals surface area contributed by atoms with Crippen molar-refractivity contribution in [3.05, 3.63) is 246 Å². The van der Waals surface area contributed by atoms with Gasteiger partial charge in [-0.15, -0.1) is 0 Å². The van der Waals surface area contributed by atoms with Crippen molar-refractivity contribution in [1.29, 1.82) is 0 Å². The standard InChI is InChI=1S/C58H41N/c1-57(2)49-30-13-9-24-43(49)46-36-35-40(37-52(46)57)59(53-33-16-12-23-41(53)38-19-5-3-6-20-38)54-34-18-29-48-47-28-17-27-42(39-21-7-4-8-22-39)55(47)58(56(48)54)50-31-14-10-25-44(50)45-26-11-15-32-51(45)58/h3-37H,1-2H3. The molecule has 3 aliphatic carbocycles. The van der Waals surface area contributed by atoms with Crippen molar-refractivity contribution in [2.45, 2.75) is 24.7 Å². The van der Waals surface area contributed by atoms with Crippen molar-refractivity contribution in [2.75, 3.05) is 4.90 Å². The molecule has 0 N–H and O–H groups in total. The maximum Gasteiger partial charge on any atom is 0.0752 e. The highest BCUT2D eigenvalue weighted by Gasteiger charge is 2.54. The van der Waals surface area contributed by atoms with Gasteiger partial charge in [0, 0.05) is 22.2 Å². The van der Waals surface area contributed by atoms with Crippen LogP contribution in [0.4, 0.5) is 17.1 Å². The van der Waals surface area contributed by atoms with E-state index < -0.39 is 5.41 Å². The maximum atomic E-state index is 2.58. The van der Waals surface area contributed by atoms with E-state index in [1.165, 1.54) is 94.7 Å². The van der Waals surface area contributed by atoms with Gasteiger partial charge in [-0.3, -0.25) is 0 Å². The summed E-state index contributed by atoms with van der Waals surface area (Å²) in [4.78, 5) is 2.58. The molecule has 3 aliphatic rings. The number of rotatable bonds is 5. The van der Waals surface area contributed by atoms with Gasteiger partial charge in [0.1, 0.15) is 0 Å². The third kappa shape index (κ3) is 4.62. The molecule has 1 spiro atoms. The molecule has 0 saturated heterocycles. The number of hydrogen-bond donors (Lipinski definition) is 0. The average molecular weight is 752 g/mol. The minimum Gasteiger partial charge on any atom is -0.310 e. The molecule has 9 aromatic rings. The van der Waals surface area contributed by atoms with Gasteiger partial charge in [-0.25, -0.2) is 0 Å². The summed E-state index contributed by atoms with van der Waals surface area (Å²) in [5, 5.41) is 0. The molecule has 0 bridgehead atoms. The van der Waals surface area contributed by atoms with Crippen molar-refractivity contribution in [3.8, 4) is 55.6 Å². The topological polar surface area (TPSA) is 3.24 Å². The fraction of sp³-hybridized carbons (Fsp3) is 0.0690. The first-order chi connectivity index (χ1) is 29.1. The summed E-state index contributed by atoms with van der Waals surface area (Å²) >= 11 is 0. The van der Waals surface area contributed by atoms with E-state index in [0.717, 1.165) is 11.4 Å².